The third-order valence-electron chi connectivity index (χ3n) is 3.12. The lowest BCUT2D eigenvalue weighted by molar-refractivity contribution is 0.0979. The molecule has 0 aliphatic rings. The Morgan fingerprint density at radius 3 is 2.32 bits per heavy atom. The van der Waals surface area contributed by atoms with Crippen LogP contribution in [0, 0.1) is 18.3 Å². The van der Waals surface area contributed by atoms with E-state index in [0.717, 1.165) is 11.1 Å². The minimum absolute atomic E-state index is 0.00715. The summed E-state index contributed by atoms with van der Waals surface area (Å²) in [4.78, 5) is 12.1. The number of aryl methyl sites for hydroxylation is 1. The molecule has 19 heavy (non-hydrogen) atoms. The maximum Gasteiger partial charge on any atom is 0.164 e. The molecular formula is C17H15NO. The number of nitriles is 1. The molecule has 0 aliphatic heterocycles. The maximum atomic E-state index is 12.1. The molecular weight excluding hydrogens is 234 g/mol. The summed E-state index contributed by atoms with van der Waals surface area (Å²) in [5.74, 6) is -0.374. The Morgan fingerprint density at radius 2 is 1.74 bits per heavy atom. The molecule has 0 saturated heterocycles. The lowest BCUT2D eigenvalue weighted by Crippen LogP contribution is -2.06. The van der Waals surface area contributed by atoms with Crippen LogP contribution in [0.25, 0.3) is 0 Å². The summed E-state index contributed by atoms with van der Waals surface area (Å²) in [6.45, 7) is 2.00. The van der Waals surface area contributed by atoms with Gasteiger partial charge in [0.05, 0.1) is 12.0 Å². The number of hydrogen-bond donors (Lipinski definition) is 0. The highest BCUT2D eigenvalue weighted by Crippen LogP contribution is 2.21. The molecule has 2 nitrogen and oxygen atoms in total. The first kappa shape index (κ1) is 13.0. The van der Waals surface area contributed by atoms with Crippen molar-refractivity contribution in [2.45, 2.75) is 19.3 Å². The molecule has 1 atom stereocenters. The molecule has 94 valence electrons. The largest absolute Gasteiger partial charge is 0.294 e. The van der Waals surface area contributed by atoms with Crippen molar-refractivity contribution in [2.75, 3.05) is 0 Å². The Hall–Kier alpha value is -2.40. The van der Waals surface area contributed by atoms with Crippen LogP contribution in [0.15, 0.2) is 54.6 Å². The average molecular weight is 249 g/mol. The van der Waals surface area contributed by atoms with Crippen molar-refractivity contribution in [3.05, 3.63) is 71.3 Å². The summed E-state index contributed by atoms with van der Waals surface area (Å²) >= 11 is 0. The monoisotopic (exact) mass is 249 g/mol. The molecule has 0 unspecified atom stereocenters. The summed E-state index contributed by atoms with van der Waals surface area (Å²) in [6, 6.07) is 19.1. The lowest BCUT2D eigenvalue weighted by atomic mass is 9.92. The molecule has 0 saturated carbocycles. The normalized spacial score (nSPS) is 11.6. The van der Waals surface area contributed by atoms with E-state index in [4.69, 9.17) is 0 Å². The van der Waals surface area contributed by atoms with Crippen LogP contribution in [-0.4, -0.2) is 5.78 Å². The van der Waals surface area contributed by atoms with Gasteiger partial charge in [0.15, 0.2) is 5.78 Å². The number of Topliss-reactive ketones (excluding diaryl/α,β-unsaturated/α-hetero) is 1. The predicted octanol–water partition coefficient (Wildman–Crippen LogP) is 3.88. The topological polar surface area (TPSA) is 40.9 Å². The maximum absolute atomic E-state index is 12.1. The highest BCUT2D eigenvalue weighted by atomic mass is 16.1. The average Bonchev–Trinajstić information content (AvgIpc) is 2.46. The minimum atomic E-state index is -0.381. The molecule has 2 rings (SSSR count). The van der Waals surface area contributed by atoms with Crippen LogP contribution >= 0.6 is 0 Å². The van der Waals surface area contributed by atoms with Gasteiger partial charge >= 0.3 is 0 Å². The van der Waals surface area contributed by atoms with Crippen LogP contribution in [-0.2, 0) is 0 Å². The van der Waals surface area contributed by atoms with Crippen LogP contribution in [0.1, 0.15) is 33.8 Å². The Bertz CT molecular complexity index is 593. The number of carbonyl (C=O) groups is 1. The van der Waals surface area contributed by atoms with Crippen molar-refractivity contribution in [2.24, 2.45) is 0 Å². The van der Waals surface area contributed by atoms with Crippen molar-refractivity contribution < 1.29 is 4.79 Å². The molecule has 0 spiro atoms. The van der Waals surface area contributed by atoms with E-state index in [1.54, 1.807) is 12.1 Å². The molecule has 0 aromatic heterocycles. The van der Waals surface area contributed by atoms with Gasteiger partial charge in [-0.05, 0) is 12.5 Å². The van der Waals surface area contributed by atoms with Crippen molar-refractivity contribution in [1.82, 2.24) is 0 Å². The van der Waals surface area contributed by atoms with Gasteiger partial charge in [-0.1, -0.05) is 60.2 Å². The molecule has 0 N–H and O–H groups in total. The van der Waals surface area contributed by atoms with Gasteiger partial charge in [-0.2, -0.15) is 5.26 Å². The Balaban J connectivity index is 2.14. The Kier molecular flexibility index (Phi) is 4.10. The zero-order chi connectivity index (χ0) is 13.7. The Labute approximate surface area is 113 Å². The van der Waals surface area contributed by atoms with Gasteiger partial charge in [-0.25, -0.2) is 0 Å². The van der Waals surface area contributed by atoms with Crippen LogP contribution in [0.2, 0.25) is 0 Å². The quantitative estimate of drug-likeness (QED) is 0.772. The summed E-state index contributed by atoms with van der Waals surface area (Å²) in [5.41, 5.74) is 2.71. The van der Waals surface area contributed by atoms with Gasteiger partial charge in [0.1, 0.15) is 0 Å². The SMILES string of the molecule is Cc1ccc([C@H](C#N)CC(=O)c2ccccc2)cc1. The fourth-order valence-electron chi connectivity index (χ4n) is 1.96. The number of nitrogens with zero attached hydrogens (tertiary/aromatic N) is 1. The highest BCUT2D eigenvalue weighted by Gasteiger charge is 2.16. The molecule has 2 aromatic rings. The zero-order valence-electron chi connectivity index (χ0n) is 10.8. The van der Waals surface area contributed by atoms with Gasteiger partial charge < -0.3 is 0 Å². The smallest absolute Gasteiger partial charge is 0.164 e. The van der Waals surface area contributed by atoms with E-state index in [1.165, 1.54) is 0 Å². The predicted molar refractivity (Wildman–Crippen MR) is 74.9 cm³/mol. The summed E-state index contributed by atoms with van der Waals surface area (Å²) in [5, 5.41) is 9.24. The first-order valence-electron chi connectivity index (χ1n) is 6.25. The van der Waals surface area contributed by atoms with Crippen LogP contribution in [0.4, 0.5) is 0 Å². The Morgan fingerprint density at radius 1 is 1.11 bits per heavy atom. The summed E-state index contributed by atoms with van der Waals surface area (Å²) < 4.78 is 0. The van der Waals surface area contributed by atoms with E-state index in [2.05, 4.69) is 6.07 Å². The first-order valence-corrected chi connectivity index (χ1v) is 6.25. The highest BCUT2D eigenvalue weighted by molar-refractivity contribution is 5.96. The molecule has 0 amide bonds. The number of carbonyl (C=O) groups excluding carboxylic acids is 1. The number of benzene rings is 2. The molecule has 2 heteroatoms. The third kappa shape index (κ3) is 3.29. The van der Waals surface area contributed by atoms with Crippen molar-refractivity contribution in [3.8, 4) is 6.07 Å². The van der Waals surface area contributed by atoms with E-state index in [9.17, 15) is 10.1 Å². The van der Waals surface area contributed by atoms with Crippen molar-refractivity contribution >= 4 is 5.78 Å². The minimum Gasteiger partial charge on any atom is -0.294 e. The second kappa shape index (κ2) is 5.97. The van der Waals surface area contributed by atoms with Gasteiger partial charge in [0, 0.05) is 12.0 Å². The summed E-state index contributed by atoms with van der Waals surface area (Å²) in [6.07, 6.45) is 0.226. The van der Waals surface area contributed by atoms with Gasteiger partial charge in [0.25, 0.3) is 0 Å². The first-order chi connectivity index (χ1) is 9.20. The van der Waals surface area contributed by atoms with Gasteiger partial charge in [0.2, 0.25) is 0 Å². The second-order valence-corrected chi connectivity index (χ2v) is 4.59. The number of ketones is 1. The van der Waals surface area contributed by atoms with E-state index in [-0.39, 0.29) is 18.1 Å². The van der Waals surface area contributed by atoms with Gasteiger partial charge in [-0.3, -0.25) is 4.79 Å². The van der Waals surface area contributed by atoms with Gasteiger partial charge in [-0.15, -0.1) is 0 Å². The molecule has 2 aromatic carbocycles. The second-order valence-electron chi connectivity index (χ2n) is 4.59. The molecule has 0 fully saturated rings. The lowest BCUT2D eigenvalue weighted by Gasteiger charge is -2.09. The number of rotatable bonds is 4. The van der Waals surface area contributed by atoms with Crippen LogP contribution in [0.5, 0.6) is 0 Å². The molecule has 0 aliphatic carbocycles. The standard InChI is InChI=1S/C17H15NO/c1-13-7-9-14(10-8-13)16(12-18)11-17(19)15-5-3-2-4-6-15/h2-10,16H,11H2,1H3/t16-/m0/s1. The molecule has 0 heterocycles. The van der Waals surface area contributed by atoms with E-state index in [0.29, 0.717) is 5.56 Å². The van der Waals surface area contributed by atoms with Crippen LogP contribution in [0.3, 0.4) is 0 Å². The van der Waals surface area contributed by atoms with Crippen molar-refractivity contribution in [3.63, 3.8) is 0 Å². The van der Waals surface area contributed by atoms with Crippen LogP contribution < -0.4 is 0 Å². The van der Waals surface area contributed by atoms with E-state index in [1.807, 2.05) is 49.4 Å². The van der Waals surface area contributed by atoms with E-state index < -0.39 is 0 Å². The third-order valence-corrected chi connectivity index (χ3v) is 3.12. The molecule has 0 bridgehead atoms. The van der Waals surface area contributed by atoms with Crippen molar-refractivity contribution in [1.29, 1.82) is 5.26 Å². The fraction of sp³-hybridized carbons (Fsp3) is 0.176. The zero-order valence-corrected chi connectivity index (χ0v) is 10.8. The van der Waals surface area contributed by atoms with E-state index >= 15 is 0 Å². The number of hydrogen-bond acceptors (Lipinski definition) is 2. The summed E-state index contributed by atoms with van der Waals surface area (Å²) in [7, 11) is 0. The molecule has 0 radical (unpaired) electrons. The fourth-order valence-corrected chi connectivity index (χ4v) is 1.96.